The molecule has 1 N–H and O–H groups in total. The van der Waals surface area contributed by atoms with E-state index in [9.17, 15) is 0 Å². The summed E-state index contributed by atoms with van der Waals surface area (Å²) in [5, 5.41) is 3.03. The number of nitrogens with one attached hydrogen (secondary N) is 1. The Morgan fingerprint density at radius 3 is 1.65 bits per heavy atom. The van der Waals surface area contributed by atoms with Crippen molar-refractivity contribution in [2.45, 2.75) is 46.7 Å². The van der Waals surface area contributed by atoms with Crippen LogP contribution in [0.15, 0.2) is 30.3 Å². The van der Waals surface area contributed by atoms with Gasteiger partial charge in [0.1, 0.15) is 0 Å². The van der Waals surface area contributed by atoms with Crippen molar-refractivity contribution in [2.24, 2.45) is 0 Å². The predicted molar refractivity (Wildman–Crippen MR) is 78.6 cm³/mol. The molecule has 0 atom stereocenters. The first-order valence-electron chi connectivity index (χ1n) is 6.51. The van der Waals surface area contributed by atoms with Crippen molar-refractivity contribution < 1.29 is 0 Å². The van der Waals surface area contributed by atoms with Crippen molar-refractivity contribution in [3.8, 4) is 0 Å². The summed E-state index contributed by atoms with van der Waals surface area (Å²) in [5.41, 5.74) is 1.16. The van der Waals surface area contributed by atoms with Crippen molar-refractivity contribution in [1.82, 2.24) is 4.90 Å². The highest BCUT2D eigenvalue weighted by molar-refractivity contribution is 5.41. The van der Waals surface area contributed by atoms with E-state index in [1.807, 2.05) is 37.4 Å². The van der Waals surface area contributed by atoms with Crippen molar-refractivity contribution in [2.75, 3.05) is 18.9 Å². The second-order valence-corrected chi connectivity index (χ2v) is 4.63. The van der Waals surface area contributed by atoms with E-state index in [1.54, 1.807) is 0 Å². The lowest BCUT2D eigenvalue weighted by molar-refractivity contribution is 0.185. The maximum atomic E-state index is 3.03. The number of benzene rings is 1. The van der Waals surface area contributed by atoms with Crippen LogP contribution in [0.3, 0.4) is 0 Å². The Hall–Kier alpha value is -1.02. The SMILES string of the molecule is CCN(C(C)C)C(C)C.CNc1ccccc1. The predicted octanol–water partition coefficient (Wildman–Crippen LogP) is 3.85. The second kappa shape index (κ2) is 9.06. The summed E-state index contributed by atoms with van der Waals surface area (Å²) in [6.07, 6.45) is 0. The third-order valence-corrected chi connectivity index (χ3v) is 2.75. The van der Waals surface area contributed by atoms with Crippen LogP contribution in [-0.2, 0) is 0 Å². The monoisotopic (exact) mass is 236 g/mol. The molecule has 1 aromatic rings. The molecule has 0 aliphatic rings. The summed E-state index contributed by atoms with van der Waals surface area (Å²) < 4.78 is 0. The zero-order valence-corrected chi connectivity index (χ0v) is 12.2. The van der Waals surface area contributed by atoms with Gasteiger partial charge in [-0.2, -0.15) is 0 Å². The van der Waals surface area contributed by atoms with Crippen LogP contribution in [0.2, 0.25) is 0 Å². The molecule has 0 aliphatic heterocycles. The molecule has 1 rings (SSSR count). The average Bonchev–Trinajstić information content (AvgIpc) is 2.31. The van der Waals surface area contributed by atoms with Gasteiger partial charge in [0.15, 0.2) is 0 Å². The molecule has 0 aliphatic carbocycles. The molecule has 98 valence electrons. The van der Waals surface area contributed by atoms with Crippen molar-refractivity contribution >= 4 is 5.69 Å². The minimum atomic E-state index is 0.690. The molecule has 0 aromatic heterocycles. The van der Waals surface area contributed by atoms with Crippen molar-refractivity contribution in [3.63, 3.8) is 0 Å². The number of hydrogen-bond donors (Lipinski definition) is 1. The molecule has 0 unspecified atom stereocenters. The van der Waals surface area contributed by atoms with E-state index in [0.29, 0.717) is 12.1 Å². The van der Waals surface area contributed by atoms with Gasteiger partial charge in [0.25, 0.3) is 0 Å². The van der Waals surface area contributed by atoms with Crippen LogP contribution in [-0.4, -0.2) is 30.6 Å². The number of nitrogens with zero attached hydrogens (tertiary/aromatic N) is 1. The first kappa shape index (κ1) is 16.0. The minimum Gasteiger partial charge on any atom is -0.388 e. The van der Waals surface area contributed by atoms with Gasteiger partial charge in [0, 0.05) is 24.8 Å². The molecule has 2 nitrogen and oxygen atoms in total. The quantitative estimate of drug-likeness (QED) is 0.854. The third kappa shape index (κ3) is 7.01. The zero-order valence-electron chi connectivity index (χ0n) is 12.2. The Bertz CT molecular complexity index is 260. The lowest BCUT2D eigenvalue weighted by Crippen LogP contribution is -2.36. The Labute approximate surface area is 107 Å². The van der Waals surface area contributed by atoms with Crippen molar-refractivity contribution in [1.29, 1.82) is 0 Å². The standard InChI is InChI=1S/C8H19N.C7H9N/c1-6-9(7(2)3)8(4)5;1-8-7-5-3-2-4-6-7/h7-8H,6H2,1-5H3;2-6,8H,1H3. The highest BCUT2D eigenvalue weighted by Crippen LogP contribution is 2.02. The molecule has 0 spiro atoms. The zero-order chi connectivity index (χ0) is 13.3. The molecule has 0 heterocycles. The Kier molecular flexibility index (Phi) is 8.51. The maximum Gasteiger partial charge on any atom is 0.0337 e. The minimum absolute atomic E-state index is 0.690. The summed E-state index contributed by atoms with van der Waals surface area (Å²) in [7, 11) is 1.91. The van der Waals surface area contributed by atoms with Gasteiger partial charge in [0.2, 0.25) is 0 Å². The molecule has 2 heteroatoms. The summed E-state index contributed by atoms with van der Waals surface area (Å²) in [4.78, 5) is 2.46. The first-order chi connectivity index (χ1) is 8.02. The van der Waals surface area contributed by atoms with Gasteiger partial charge in [-0.15, -0.1) is 0 Å². The summed E-state index contributed by atoms with van der Waals surface area (Å²) >= 11 is 0. The lowest BCUT2D eigenvalue weighted by Gasteiger charge is -2.28. The fraction of sp³-hybridized carbons (Fsp3) is 0.600. The van der Waals surface area contributed by atoms with Gasteiger partial charge < -0.3 is 5.32 Å². The largest absolute Gasteiger partial charge is 0.388 e. The summed E-state index contributed by atoms with van der Waals surface area (Å²) in [6, 6.07) is 11.4. The van der Waals surface area contributed by atoms with Crippen LogP contribution in [0.4, 0.5) is 5.69 Å². The molecule has 1 aromatic carbocycles. The summed E-state index contributed by atoms with van der Waals surface area (Å²) in [5.74, 6) is 0. The molecule has 0 fully saturated rings. The van der Waals surface area contributed by atoms with Gasteiger partial charge >= 0.3 is 0 Å². The molecule has 0 saturated heterocycles. The van der Waals surface area contributed by atoms with Crippen LogP contribution in [0, 0.1) is 0 Å². The van der Waals surface area contributed by atoms with Crippen molar-refractivity contribution in [3.05, 3.63) is 30.3 Å². The van der Waals surface area contributed by atoms with Gasteiger partial charge in [-0.05, 0) is 46.4 Å². The molecule has 17 heavy (non-hydrogen) atoms. The molecule has 0 bridgehead atoms. The fourth-order valence-corrected chi connectivity index (χ4v) is 1.93. The number of rotatable bonds is 4. The highest BCUT2D eigenvalue weighted by atomic mass is 15.2. The third-order valence-electron chi connectivity index (χ3n) is 2.75. The van der Waals surface area contributed by atoms with Gasteiger partial charge in [-0.1, -0.05) is 25.1 Å². The normalized spacial score (nSPS) is 10.4. The highest BCUT2D eigenvalue weighted by Gasteiger charge is 2.08. The van der Waals surface area contributed by atoms with Gasteiger partial charge in [0.05, 0.1) is 0 Å². The Morgan fingerprint density at radius 1 is 1.00 bits per heavy atom. The van der Waals surface area contributed by atoms with Gasteiger partial charge in [-0.25, -0.2) is 0 Å². The Morgan fingerprint density at radius 2 is 1.47 bits per heavy atom. The summed E-state index contributed by atoms with van der Waals surface area (Å²) in [6.45, 7) is 12.3. The number of hydrogen-bond acceptors (Lipinski definition) is 2. The van der Waals surface area contributed by atoms with Crippen LogP contribution in [0.1, 0.15) is 34.6 Å². The van der Waals surface area contributed by atoms with Crippen LogP contribution in [0.5, 0.6) is 0 Å². The second-order valence-electron chi connectivity index (χ2n) is 4.63. The molecular formula is C15H28N2. The van der Waals surface area contributed by atoms with Gasteiger partial charge in [-0.3, -0.25) is 4.90 Å². The average molecular weight is 236 g/mol. The molecular weight excluding hydrogens is 208 g/mol. The smallest absolute Gasteiger partial charge is 0.0337 e. The Balaban J connectivity index is 0.000000302. The lowest BCUT2D eigenvalue weighted by atomic mass is 10.2. The van der Waals surface area contributed by atoms with E-state index in [0.717, 1.165) is 12.2 Å². The number of para-hydroxylation sites is 1. The van der Waals surface area contributed by atoms with E-state index in [2.05, 4.69) is 44.8 Å². The molecule has 0 radical (unpaired) electrons. The fourth-order valence-electron chi connectivity index (χ4n) is 1.93. The van der Waals surface area contributed by atoms with E-state index >= 15 is 0 Å². The van der Waals surface area contributed by atoms with Crippen LogP contribution < -0.4 is 5.32 Å². The number of anilines is 1. The van der Waals surface area contributed by atoms with E-state index < -0.39 is 0 Å². The molecule has 0 saturated carbocycles. The van der Waals surface area contributed by atoms with E-state index in [1.165, 1.54) is 0 Å². The van der Waals surface area contributed by atoms with E-state index in [-0.39, 0.29) is 0 Å². The topological polar surface area (TPSA) is 15.3 Å². The van der Waals surface area contributed by atoms with E-state index in [4.69, 9.17) is 0 Å². The van der Waals surface area contributed by atoms with Crippen LogP contribution >= 0.6 is 0 Å². The maximum absolute atomic E-state index is 3.03. The molecule has 0 amide bonds. The van der Waals surface area contributed by atoms with Crippen LogP contribution in [0.25, 0.3) is 0 Å². The first-order valence-corrected chi connectivity index (χ1v) is 6.51.